The minimum Gasteiger partial charge on any atom is -0.486 e. The number of hydrogen-bond acceptors (Lipinski definition) is 4. The Morgan fingerprint density at radius 1 is 0.941 bits per heavy atom. The highest BCUT2D eigenvalue weighted by Crippen LogP contribution is 2.32. The Morgan fingerprint density at radius 3 is 2.50 bits per heavy atom. The van der Waals surface area contributed by atoms with Crippen LogP contribution in [0.4, 0.5) is 16.2 Å². The van der Waals surface area contributed by atoms with Gasteiger partial charge < -0.3 is 19.7 Å². The van der Waals surface area contributed by atoms with E-state index in [-0.39, 0.29) is 11.9 Å². The first kappa shape index (κ1) is 21.8. The number of anilines is 2. The van der Waals surface area contributed by atoms with E-state index in [1.54, 1.807) is 35.2 Å². The van der Waals surface area contributed by atoms with Gasteiger partial charge in [-0.15, -0.1) is 0 Å². The molecule has 7 heteroatoms. The van der Waals surface area contributed by atoms with Gasteiger partial charge in [-0.05, 0) is 60.9 Å². The molecule has 0 saturated carbocycles. The monoisotopic (exact) mass is 457 g/mol. The third kappa shape index (κ3) is 4.55. The molecule has 0 aromatic heterocycles. The molecule has 34 heavy (non-hydrogen) atoms. The number of aryl methyl sites for hydroxylation is 1. The molecule has 0 bridgehead atoms. The van der Waals surface area contributed by atoms with Gasteiger partial charge in [-0.25, -0.2) is 4.79 Å². The van der Waals surface area contributed by atoms with Crippen LogP contribution in [0.5, 0.6) is 11.5 Å². The van der Waals surface area contributed by atoms with Crippen molar-refractivity contribution in [3.05, 3.63) is 83.4 Å². The summed E-state index contributed by atoms with van der Waals surface area (Å²) in [5.74, 6) is 1.07. The van der Waals surface area contributed by atoms with Crippen molar-refractivity contribution in [3.8, 4) is 11.5 Å². The SMILES string of the molecule is Cc1ccccc1CN1CCCN(c2ccc(C(=O)Nc3ccc4c(c3)OCCO4)cc2)C1=O. The van der Waals surface area contributed by atoms with E-state index in [9.17, 15) is 9.59 Å². The summed E-state index contributed by atoms with van der Waals surface area (Å²) in [6.45, 7) is 5.07. The summed E-state index contributed by atoms with van der Waals surface area (Å²) in [5.41, 5.74) is 4.27. The molecule has 5 rings (SSSR count). The second-order valence-corrected chi connectivity index (χ2v) is 8.50. The van der Waals surface area contributed by atoms with Crippen LogP contribution in [0, 0.1) is 6.92 Å². The number of nitrogens with zero attached hydrogens (tertiary/aromatic N) is 2. The third-order valence-electron chi connectivity index (χ3n) is 6.17. The fourth-order valence-electron chi connectivity index (χ4n) is 4.28. The second kappa shape index (κ2) is 9.47. The Kier molecular flexibility index (Phi) is 6.08. The highest BCUT2D eigenvalue weighted by atomic mass is 16.6. The third-order valence-corrected chi connectivity index (χ3v) is 6.17. The van der Waals surface area contributed by atoms with Crippen LogP contribution in [0.1, 0.15) is 27.9 Å². The number of hydrogen-bond donors (Lipinski definition) is 1. The number of ether oxygens (including phenoxy) is 2. The molecule has 7 nitrogen and oxygen atoms in total. The fraction of sp³-hybridized carbons (Fsp3) is 0.259. The first-order valence-corrected chi connectivity index (χ1v) is 11.5. The number of amides is 3. The predicted octanol–water partition coefficient (Wildman–Crippen LogP) is 4.85. The fourth-order valence-corrected chi connectivity index (χ4v) is 4.28. The van der Waals surface area contributed by atoms with E-state index >= 15 is 0 Å². The number of fused-ring (bicyclic) bond motifs is 1. The first-order valence-electron chi connectivity index (χ1n) is 11.5. The number of carbonyl (C=O) groups is 2. The maximum atomic E-state index is 13.2. The second-order valence-electron chi connectivity index (χ2n) is 8.50. The summed E-state index contributed by atoms with van der Waals surface area (Å²) in [7, 11) is 0. The molecule has 3 amide bonds. The van der Waals surface area contributed by atoms with Crippen molar-refractivity contribution in [2.45, 2.75) is 19.9 Å². The van der Waals surface area contributed by atoms with Crippen molar-refractivity contribution in [3.63, 3.8) is 0 Å². The minimum atomic E-state index is -0.227. The molecular formula is C27H27N3O4. The maximum Gasteiger partial charge on any atom is 0.324 e. The van der Waals surface area contributed by atoms with Crippen LogP contribution in [-0.2, 0) is 6.54 Å². The van der Waals surface area contributed by atoms with E-state index in [1.807, 2.05) is 29.2 Å². The predicted molar refractivity (Wildman–Crippen MR) is 131 cm³/mol. The Morgan fingerprint density at radius 2 is 1.71 bits per heavy atom. The number of urea groups is 1. The lowest BCUT2D eigenvalue weighted by Crippen LogP contribution is -2.49. The molecule has 1 N–H and O–H groups in total. The van der Waals surface area contributed by atoms with Gasteiger partial charge in [0.15, 0.2) is 11.5 Å². The van der Waals surface area contributed by atoms with E-state index in [2.05, 4.69) is 24.4 Å². The van der Waals surface area contributed by atoms with E-state index in [0.717, 1.165) is 24.2 Å². The maximum absolute atomic E-state index is 13.2. The topological polar surface area (TPSA) is 71.1 Å². The Balaban J connectivity index is 1.25. The molecule has 0 unspecified atom stereocenters. The zero-order chi connectivity index (χ0) is 23.5. The van der Waals surface area contributed by atoms with Crippen molar-refractivity contribution in [1.29, 1.82) is 0 Å². The highest BCUT2D eigenvalue weighted by Gasteiger charge is 2.27. The molecule has 2 aliphatic heterocycles. The van der Waals surface area contributed by atoms with E-state index < -0.39 is 0 Å². The van der Waals surface area contributed by atoms with E-state index in [1.165, 1.54) is 5.56 Å². The van der Waals surface area contributed by atoms with Crippen LogP contribution in [-0.4, -0.2) is 43.1 Å². The van der Waals surface area contributed by atoms with Crippen LogP contribution < -0.4 is 19.7 Å². The number of benzene rings is 3. The quantitative estimate of drug-likeness (QED) is 0.595. The van der Waals surface area contributed by atoms with Gasteiger partial charge in [-0.3, -0.25) is 9.69 Å². The summed E-state index contributed by atoms with van der Waals surface area (Å²) < 4.78 is 11.1. The van der Waals surface area contributed by atoms with E-state index in [4.69, 9.17) is 9.47 Å². The van der Waals surface area contributed by atoms with Crippen LogP contribution in [0.3, 0.4) is 0 Å². The van der Waals surface area contributed by atoms with Gasteiger partial charge in [-0.1, -0.05) is 24.3 Å². The first-order chi connectivity index (χ1) is 16.6. The molecule has 3 aromatic rings. The van der Waals surface area contributed by atoms with Gasteiger partial charge in [-0.2, -0.15) is 0 Å². The highest BCUT2D eigenvalue weighted by molar-refractivity contribution is 6.05. The molecule has 0 aliphatic carbocycles. The smallest absolute Gasteiger partial charge is 0.324 e. The molecule has 2 aliphatic rings. The number of rotatable bonds is 5. The lowest BCUT2D eigenvalue weighted by atomic mass is 10.1. The zero-order valence-electron chi connectivity index (χ0n) is 19.1. The molecule has 3 aromatic carbocycles. The van der Waals surface area contributed by atoms with Crippen LogP contribution in [0.2, 0.25) is 0 Å². The zero-order valence-corrected chi connectivity index (χ0v) is 19.1. The molecule has 0 radical (unpaired) electrons. The van der Waals surface area contributed by atoms with Crippen LogP contribution in [0.25, 0.3) is 0 Å². The molecule has 0 spiro atoms. The minimum absolute atomic E-state index is 0.0111. The average molecular weight is 458 g/mol. The lowest BCUT2D eigenvalue weighted by Gasteiger charge is -2.36. The van der Waals surface area contributed by atoms with Gasteiger partial charge in [0.05, 0.1) is 0 Å². The summed E-state index contributed by atoms with van der Waals surface area (Å²) in [6.07, 6.45) is 0.893. The van der Waals surface area contributed by atoms with Crippen LogP contribution >= 0.6 is 0 Å². The summed E-state index contributed by atoms with van der Waals surface area (Å²) in [4.78, 5) is 29.6. The van der Waals surface area contributed by atoms with Crippen LogP contribution in [0.15, 0.2) is 66.7 Å². The Bertz CT molecular complexity index is 1210. The van der Waals surface area contributed by atoms with Gasteiger partial charge in [0.2, 0.25) is 0 Å². The van der Waals surface area contributed by atoms with Gasteiger partial charge in [0.25, 0.3) is 5.91 Å². The van der Waals surface area contributed by atoms with Crippen molar-refractivity contribution >= 4 is 23.3 Å². The Labute approximate surface area is 198 Å². The Hall–Kier alpha value is -4.00. The van der Waals surface area contributed by atoms with E-state index in [0.29, 0.717) is 49.1 Å². The van der Waals surface area contributed by atoms with Gasteiger partial charge >= 0.3 is 6.03 Å². The normalized spacial score (nSPS) is 15.3. The summed E-state index contributed by atoms with van der Waals surface area (Å²) in [5, 5.41) is 2.89. The molecule has 174 valence electrons. The molecular weight excluding hydrogens is 430 g/mol. The average Bonchev–Trinajstić information content (AvgIpc) is 2.86. The van der Waals surface area contributed by atoms with Gasteiger partial charge in [0.1, 0.15) is 13.2 Å². The number of nitrogens with one attached hydrogen (secondary N) is 1. The molecule has 2 heterocycles. The standard InChI is InChI=1S/C27H27N3O4/c1-19-5-2-3-6-21(19)18-29-13-4-14-30(27(29)32)23-10-7-20(8-11-23)26(31)28-22-9-12-24-25(17-22)34-16-15-33-24/h2-3,5-12,17H,4,13-16,18H2,1H3,(H,28,31). The summed E-state index contributed by atoms with van der Waals surface area (Å²) >= 11 is 0. The summed E-state index contributed by atoms with van der Waals surface area (Å²) in [6, 6.07) is 20.6. The van der Waals surface area contributed by atoms with Crippen molar-refractivity contribution < 1.29 is 19.1 Å². The van der Waals surface area contributed by atoms with Crippen molar-refractivity contribution in [1.82, 2.24) is 4.90 Å². The lowest BCUT2D eigenvalue weighted by molar-refractivity contribution is 0.102. The number of carbonyl (C=O) groups excluding carboxylic acids is 2. The van der Waals surface area contributed by atoms with Crippen molar-refractivity contribution in [2.75, 3.05) is 36.5 Å². The molecule has 1 fully saturated rings. The van der Waals surface area contributed by atoms with Gasteiger partial charge in [0, 0.05) is 42.6 Å². The largest absolute Gasteiger partial charge is 0.486 e. The molecule has 0 atom stereocenters. The van der Waals surface area contributed by atoms with Crippen molar-refractivity contribution in [2.24, 2.45) is 0 Å². The molecule has 1 saturated heterocycles.